The van der Waals surface area contributed by atoms with Crippen LogP contribution in [0.1, 0.15) is 34.2 Å². The number of carbonyl (C=O) groups is 2. The van der Waals surface area contributed by atoms with Crippen molar-refractivity contribution in [1.29, 1.82) is 0 Å². The summed E-state index contributed by atoms with van der Waals surface area (Å²) < 4.78 is 20.5. The lowest BCUT2D eigenvalue weighted by atomic mass is 10.0. The van der Waals surface area contributed by atoms with Crippen LogP contribution in [-0.2, 0) is 9.53 Å². The highest BCUT2D eigenvalue weighted by molar-refractivity contribution is 5.95. The average Bonchev–Trinajstić information content (AvgIpc) is 3.24. The molecule has 9 nitrogen and oxygen atoms in total. The van der Waals surface area contributed by atoms with Gasteiger partial charge >= 0.3 is 5.97 Å². The van der Waals surface area contributed by atoms with E-state index in [1.54, 1.807) is 49.4 Å². The van der Waals surface area contributed by atoms with Gasteiger partial charge in [-0.25, -0.2) is 0 Å². The lowest BCUT2D eigenvalue weighted by Gasteiger charge is -2.20. The second-order valence-corrected chi connectivity index (χ2v) is 6.64. The molecule has 0 aliphatic heterocycles. The molecule has 0 saturated heterocycles. The number of nitrogens with zero attached hydrogens (tertiary/aromatic N) is 2. The minimum atomic E-state index is -0.627. The van der Waals surface area contributed by atoms with E-state index in [1.165, 1.54) is 21.3 Å². The molecule has 9 heteroatoms. The minimum Gasteiger partial charge on any atom is -0.493 e. The van der Waals surface area contributed by atoms with E-state index >= 15 is 0 Å². The third-order valence-electron chi connectivity index (χ3n) is 4.64. The average molecular weight is 425 g/mol. The van der Waals surface area contributed by atoms with E-state index in [4.69, 9.17) is 18.7 Å². The maximum atomic E-state index is 12.9. The first-order chi connectivity index (χ1) is 14.9. The summed E-state index contributed by atoms with van der Waals surface area (Å²) in [5.74, 6) is 1.12. The Morgan fingerprint density at radius 3 is 2.32 bits per heavy atom. The summed E-state index contributed by atoms with van der Waals surface area (Å²) in [7, 11) is 4.35. The first kappa shape index (κ1) is 21.8. The Bertz CT molecular complexity index is 1060. The molecule has 3 rings (SSSR count). The van der Waals surface area contributed by atoms with Gasteiger partial charge in [0.1, 0.15) is 0 Å². The predicted octanol–water partition coefficient (Wildman–Crippen LogP) is 3.10. The fourth-order valence-electron chi connectivity index (χ4n) is 2.99. The largest absolute Gasteiger partial charge is 0.493 e. The molecule has 0 aliphatic rings. The topological polar surface area (TPSA) is 113 Å². The Balaban J connectivity index is 1.82. The number of hydrogen-bond donors (Lipinski definition) is 1. The molecule has 162 valence electrons. The fraction of sp³-hybridized carbons (Fsp3) is 0.273. The molecule has 1 aromatic heterocycles. The van der Waals surface area contributed by atoms with Gasteiger partial charge in [-0.3, -0.25) is 9.59 Å². The third-order valence-corrected chi connectivity index (χ3v) is 4.64. The van der Waals surface area contributed by atoms with Gasteiger partial charge in [-0.2, -0.15) is 4.98 Å². The quantitative estimate of drug-likeness (QED) is 0.548. The Kier molecular flexibility index (Phi) is 6.86. The van der Waals surface area contributed by atoms with Crippen molar-refractivity contribution < 1.29 is 28.3 Å². The first-order valence-electron chi connectivity index (χ1n) is 9.45. The molecule has 0 fully saturated rings. The van der Waals surface area contributed by atoms with Crippen LogP contribution in [0.25, 0.3) is 11.5 Å². The monoisotopic (exact) mass is 425 g/mol. The molecule has 1 unspecified atom stereocenters. The summed E-state index contributed by atoms with van der Waals surface area (Å²) in [6.45, 7) is 1.73. The lowest BCUT2D eigenvalue weighted by Crippen LogP contribution is -2.30. The Labute approximate surface area is 179 Å². The molecular weight excluding hydrogens is 402 g/mol. The molecule has 1 heterocycles. The number of aromatic nitrogens is 2. The van der Waals surface area contributed by atoms with E-state index in [-0.39, 0.29) is 12.3 Å². The van der Waals surface area contributed by atoms with Gasteiger partial charge in [0.2, 0.25) is 0 Å². The molecule has 31 heavy (non-hydrogen) atoms. The highest BCUT2D eigenvalue weighted by atomic mass is 16.5. The summed E-state index contributed by atoms with van der Waals surface area (Å²) in [5, 5.41) is 6.64. The summed E-state index contributed by atoms with van der Waals surface area (Å²) in [5.41, 5.74) is 1.79. The normalized spacial score (nSPS) is 11.5. The number of rotatable bonds is 8. The van der Waals surface area contributed by atoms with Crippen molar-refractivity contribution in [2.24, 2.45) is 0 Å². The maximum absolute atomic E-state index is 12.9. The second-order valence-electron chi connectivity index (χ2n) is 6.64. The molecule has 2 aromatic carbocycles. The van der Waals surface area contributed by atoms with Crippen LogP contribution >= 0.6 is 0 Å². The van der Waals surface area contributed by atoms with E-state index in [9.17, 15) is 9.59 Å². The number of aryl methyl sites for hydroxylation is 1. The van der Waals surface area contributed by atoms with Crippen molar-refractivity contribution in [2.75, 3.05) is 21.3 Å². The van der Waals surface area contributed by atoms with Crippen molar-refractivity contribution in [3.8, 4) is 23.0 Å². The van der Waals surface area contributed by atoms with Gasteiger partial charge in [-0.15, -0.1) is 0 Å². The van der Waals surface area contributed by atoms with Crippen LogP contribution in [0.2, 0.25) is 0 Å². The Hall–Kier alpha value is -3.88. The fourth-order valence-corrected chi connectivity index (χ4v) is 2.99. The van der Waals surface area contributed by atoms with Crippen LogP contribution in [0, 0.1) is 6.92 Å². The summed E-state index contributed by atoms with van der Waals surface area (Å²) in [4.78, 5) is 29.0. The molecule has 1 N–H and O–H groups in total. The molecular formula is C22H23N3O6. The van der Waals surface area contributed by atoms with Gasteiger partial charge in [0, 0.05) is 11.1 Å². The van der Waals surface area contributed by atoms with Crippen LogP contribution in [0.15, 0.2) is 47.0 Å². The molecule has 0 bridgehead atoms. The minimum absolute atomic E-state index is 0.0446. The van der Waals surface area contributed by atoms with E-state index < -0.39 is 12.0 Å². The zero-order valence-corrected chi connectivity index (χ0v) is 17.7. The smallest absolute Gasteiger partial charge is 0.307 e. The van der Waals surface area contributed by atoms with E-state index in [0.717, 1.165) is 0 Å². The molecule has 0 aliphatic carbocycles. The third kappa shape index (κ3) is 5.19. The highest BCUT2D eigenvalue weighted by Crippen LogP contribution is 2.31. The lowest BCUT2D eigenvalue weighted by molar-refractivity contribution is -0.141. The van der Waals surface area contributed by atoms with Gasteiger partial charge < -0.3 is 24.1 Å². The SMILES string of the molecule is COC(=O)CC(NC(=O)c1ccc(-c2nc(C)no2)cc1)c1ccc(OC)c(OC)c1. The molecule has 0 saturated carbocycles. The van der Waals surface area contributed by atoms with Crippen LogP contribution in [-0.4, -0.2) is 43.3 Å². The number of esters is 1. The van der Waals surface area contributed by atoms with Crippen molar-refractivity contribution in [3.63, 3.8) is 0 Å². The number of ether oxygens (including phenoxy) is 3. The molecule has 0 spiro atoms. The number of nitrogens with one attached hydrogen (secondary N) is 1. The van der Waals surface area contributed by atoms with Gasteiger partial charge in [-0.1, -0.05) is 11.2 Å². The van der Waals surface area contributed by atoms with Crippen molar-refractivity contribution in [1.82, 2.24) is 15.5 Å². The van der Waals surface area contributed by atoms with Gasteiger partial charge in [0.25, 0.3) is 11.8 Å². The maximum Gasteiger partial charge on any atom is 0.307 e. The number of amides is 1. The van der Waals surface area contributed by atoms with Crippen molar-refractivity contribution >= 4 is 11.9 Å². The summed E-state index contributed by atoms with van der Waals surface area (Å²) in [6, 6.07) is 11.3. The molecule has 1 atom stereocenters. The summed E-state index contributed by atoms with van der Waals surface area (Å²) in [6.07, 6.45) is -0.0446. The number of hydrogen-bond acceptors (Lipinski definition) is 8. The highest BCUT2D eigenvalue weighted by Gasteiger charge is 2.21. The number of methoxy groups -OCH3 is 3. The molecule has 3 aromatic rings. The van der Waals surface area contributed by atoms with Crippen LogP contribution in [0.4, 0.5) is 0 Å². The van der Waals surface area contributed by atoms with Crippen LogP contribution in [0.3, 0.4) is 0 Å². The zero-order valence-electron chi connectivity index (χ0n) is 17.7. The van der Waals surface area contributed by atoms with E-state index in [0.29, 0.717) is 39.9 Å². The first-order valence-corrected chi connectivity index (χ1v) is 9.45. The van der Waals surface area contributed by atoms with Crippen molar-refractivity contribution in [2.45, 2.75) is 19.4 Å². The van der Waals surface area contributed by atoms with E-state index in [2.05, 4.69) is 15.5 Å². The Morgan fingerprint density at radius 2 is 1.74 bits per heavy atom. The predicted molar refractivity (Wildman–Crippen MR) is 111 cm³/mol. The van der Waals surface area contributed by atoms with Crippen LogP contribution in [0.5, 0.6) is 11.5 Å². The molecule has 1 amide bonds. The van der Waals surface area contributed by atoms with Gasteiger partial charge in [0.15, 0.2) is 17.3 Å². The zero-order chi connectivity index (χ0) is 22.4. The summed E-state index contributed by atoms with van der Waals surface area (Å²) >= 11 is 0. The Morgan fingerprint density at radius 1 is 1.03 bits per heavy atom. The van der Waals surface area contributed by atoms with Crippen molar-refractivity contribution in [3.05, 3.63) is 59.4 Å². The molecule has 0 radical (unpaired) electrons. The number of carbonyl (C=O) groups excluding carboxylic acids is 2. The number of benzene rings is 2. The van der Waals surface area contributed by atoms with E-state index in [1.807, 2.05) is 0 Å². The second kappa shape index (κ2) is 9.75. The van der Waals surface area contributed by atoms with Gasteiger partial charge in [0.05, 0.1) is 33.8 Å². The van der Waals surface area contributed by atoms with Crippen LogP contribution < -0.4 is 14.8 Å². The van der Waals surface area contributed by atoms with Gasteiger partial charge in [-0.05, 0) is 48.9 Å². The standard InChI is InChI=1S/C22H23N3O6/c1-13-23-22(31-25-13)15-7-5-14(6-8-15)21(27)24-17(12-20(26)30-4)16-9-10-18(28-2)19(11-16)29-3/h5-11,17H,12H2,1-4H3,(H,24,27).